The van der Waals surface area contributed by atoms with Crippen molar-refractivity contribution in [1.29, 1.82) is 0 Å². The number of fused-ring (bicyclic) bond motifs is 1. The number of carbonyl (C=O) groups is 3. The molecule has 1 aliphatic rings. The molecule has 182 valence electrons. The lowest BCUT2D eigenvalue weighted by atomic mass is 9.97. The molecule has 0 saturated heterocycles. The van der Waals surface area contributed by atoms with Crippen LogP contribution in [-0.4, -0.2) is 64.9 Å². The first kappa shape index (κ1) is 26.4. The van der Waals surface area contributed by atoms with Gasteiger partial charge in [0.25, 0.3) is 0 Å². The summed E-state index contributed by atoms with van der Waals surface area (Å²) in [5.74, 6) is -0.0788. The van der Waals surface area contributed by atoms with E-state index in [4.69, 9.17) is 9.47 Å². The van der Waals surface area contributed by atoms with E-state index in [0.717, 1.165) is 16.1 Å². The predicted molar refractivity (Wildman–Crippen MR) is 128 cm³/mol. The van der Waals surface area contributed by atoms with Crippen molar-refractivity contribution >= 4 is 23.7 Å². The van der Waals surface area contributed by atoms with Crippen molar-refractivity contribution in [2.75, 3.05) is 20.1 Å². The minimum absolute atomic E-state index is 0.0788. The summed E-state index contributed by atoms with van der Waals surface area (Å²) in [4.78, 5) is 39.0. The molecule has 2 rings (SSSR count). The monoisotopic (exact) mass is 459 g/mol. The largest absolute Gasteiger partial charge is 0.444 e. The standard InChI is InChI=1S/C25H37N3O5/c1-17(26-27(8)22(30)32-24(2,3)4)15-21(29)20-10-9-18-11-13-28(14-12-19(18)16-20)23(31)33-25(5,6)7/h9-10,16H,11-15H2,1-8H3/b26-17+. The molecule has 8 heteroatoms. The van der Waals surface area contributed by atoms with Gasteiger partial charge in [-0.25, -0.2) is 14.6 Å². The number of rotatable bonds is 4. The Morgan fingerprint density at radius 2 is 1.55 bits per heavy atom. The zero-order valence-corrected chi connectivity index (χ0v) is 21.2. The molecule has 0 atom stereocenters. The van der Waals surface area contributed by atoms with Crippen LogP contribution in [0.25, 0.3) is 0 Å². The number of nitrogens with zero attached hydrogens (tertiary/aromatic N) is 3. The number of ketones is 1. The Kier molecular flexibility index (Phi) is 8.27. The first-order chi connectivity index (χ1) is 15.1. The molecule has 0 N–H and O–H groups in total. The second-order valence-electron chi connectivity index (χ2n) is 10.4. The minimum atomic E-state index is -0.620. The third kappa shape index (κ3) is 8.51. The van der Waals surface area contributed by atoms with Gasteiger partial charge in [-0.1, -0.05) is 12.1 Å². The van der Waals surface area contributed by atoms with E-state index in [1.807, 2.05) is 39.0 Å². The predicted octanol–water partition coefficient (Wildman–Crippen LogP) is 4.84. The van der Waals surface area contributed by atoms with Crippen LogP contribution in [0.1, 0.15) is 76.4 Å². The smallest absolute Gasteiger partial charge is 0.430 e. The van der Waals surface area contributed by atoms with Gasteiger partial charge in [0.1, 0.15) is 11.2 Å². The molecule has 0 spiro atoms. The summed E-state index contributed by atoms with van der Waals surface area (Å²) in [5.41, 5.74) is 2.14. The van der Waals surface area contributed by atoms with E-state index >= 15 is 0 Å². The van der Waals surface area contributed by atoms with Crippen LogP contribution in [0.5, 0.6) is 0 Å². The zero-order chi connectivity index (χ0) is 25.0. The van der Waals surface area contributed by atoms with Gasteiger partial charge in [0.05, 0.1) is 6.42 Å². The number of benzene rings is 1. The molecule has 0 fully saturated rings. The maximum absolute atomic E-state index is 12.8. The average molecular weight is 460 g/mol. The van der Waals surface area contributed by atoms with Crippen LogP contribution in [-0.2, 0) is 22.3 Å². The van der Waals surface area contributed by atoms with Gasteiger partial charge in [-0.05, 0) is 78.5 Å². The van der Waals surface area contributed by atoms with Crippen molar-refractivity contribution in [3.8, 4) is 0 Å². The molecule has 0 radical (unpaired) electrons. The number of Topliss-reactive ketones (excluding diaryl/α,β-unsaturated/α-hetero) is 1. The third-order valence-electron chi connectivity index (χ3n) is 4.88. The van der Waals surface area contributed by atoms with Crippen LogP contribution in [0.4, 0.5) is 9.59 Å². The van der Waals surface area contributed by atoms with E-state index in [9.17, 15) is 14.4 Å². The summed E-state index contributed by atoms with van der Waals surface area (Å²) in [7, 11) is 1.50. The fraction of sp³-hybridized carbons (Fsp3) is 0.600. The van der Waals surface area contributed by atoms with Gasteiger partial charge in [0, 0.05) is 31.4 Å². The molecule has 2 amide bonds. The molecule has 33 heavy (non-hydrogen) atoms. The van der Waals surface area contributed by atoms with Crippen molar-refractivity contribution in [1.82, 2.24) is 9.91 Å². The average Bonchev–Trinajstić information content (AvgIpc) is 2.87. The number of amides is 2. The number of hydrazone groups is 1. The Labute approximate surface area is 196 Å². The van der Waals surface area contributed by atoms with E-state index in [2.05, 4.69) is 5.10 Å². The third-order valence-corrected chi connectivity index (χ3v) is 4.88. The SMILES string of the molecule is C/C(CC(=O)c1ccc2c(c1)CCN(C(=O)OC(C)(C)C)CC2)=N\N(C)C(=O)OC(C)(C)C. The molecule has 0 aromatic heterocycles. The van der Waals surface area contributed by atoms with Crippen molar-refractivity contribution in [3.05, 3.63) is 34.9 Å². The summed E-state index contributed by atoms with van der Waals surface area (Å²) < 4.78 is 10.8. The number of hydrogen-bond donors (Lipinski definition) is 0. The molecule has 0 saturated carbocycles. The van der Waals surface area contributed by atoms with Crippen molar-refractivity contribution in [2.45, 2.75) is 78.9 Å². The maximum Gasteiger partial charge on any atom is 0.430 e. The lowest BCUT2D eigenvalue weighted by Gasteiger charge is -2.26. The molecule has 1 aliphatic heterocycles. The van der Waals surface area contributed by atoms with E-state index in [0.29, 0.717) is 37.2 Å². The summed E-state index contributed by atoms with van der Waals surface area (Å²) in [6.07, 6.45) is 0.575. The molecule has 0 aliphatic carbocycles. The highest BCUT2D eigenvalue weighted by Gasteiger charge is 2.25. The second kappa shape index (κ2) is 10.4. The Morgan fingerprint density at radius 1 is 0.970 bits per heavy atom. The quantitative estimate of drug-likeness (QED) is 0.365. The molecule has 1 heterocycles. The highest BCUT2D eigenvalue weighted by Crippen LogP contribution is 2.21. The van der Waals surface area contributed by atoms with Crippen LogP contribution in [0, 0.1) is 0 Å². The first-order valence-corrected chi connectivity index (χ1v) is 11.3. The molecule has 1 aromatic rings. The van der Waals surface area contributed by atoms with Crippen molar-refractivity contribution in [2.24, 2.45) is 5.10 Å². The van der Waals surface area contributed by atoms with Crippen LogP contribution in [0.2, 0.25) is 0 Å². The van der Waals surface area contributed by atoms with Crippen molar-refractivity contribution < 1.29 is 23.9 Å². The Balaban J connectivity index is 2.03. The van der Waals surface area contributed by atoms with E-state index in [1.54, 1.807) is 32.6 Å². The lowest BCUT2D eigenvalue weighted by Crippen LogP contribution is -2.38. The topological polar surface area (TPSA) is 88.5 Å². The molecule has 0 bridgehead atoms. The highest BCUT2D eigenvalue weighted by atomic mass is 16.6. The van der Waals surface area contributed by atoms with E-state index in [1.165, 1.54) is 7.05 Å². The van der Waals surface area contributed by atoms with Crippen LogP contribution in [0.3, 0.4) is 0 Å². The fourth-order valence-electron chi connectivity index (χ4n) is 3.40. The molecule has 8 nitrogen and oxygen atoms in total. The Bertz CT molecular complexity index is 925. The fourth-order valence-corrected chi connectivity index (χ4v) is 3.40. The number of ether oxygens (including phenoxy) is 2. The van der Waals surface area contributed by atoms with Gasteiger partial charge < -0.3 is 14.4 Å². The van der Waals surface area contributed by atoms with Gasteiger partial charge in [-0.15, -0.1) is 0 Å². The van der Waals surface area contributed by atoms with Gasteiger partial charge in [0.2, 0.25) is 0 Å². The van der Waals surface area contributed by atoms with Crippen LogP contribution >= 0.6 is 0 Å². The minimum Gasteiger partial charge on any atom is -0.444 e. The highest BCUT2D eigenvalue weighted by molar-refractivity contribution is 6.09. The van der Waals surface area contributed by atoms with Crippen LogP contribution < -0.4 is 0 Å². The lowest BCUT2D eigenvalue weighted by molar-refractivity contribution is 0.0256. The number of carbonyl (C=O) groups excluding carboxylic acids is 3. The molecular formula is C25H37N3O5. The number of hydrogen-bond acceptors (Lipinski definition) is 6. The summed E-state index contributed by atoms with van der Waals surface area (Å²) in [6.45, 7) is 13.7. The van der Waals surface area contributed by atoms with E-state index < -0.39 is 17.3 Å². The summed E-state index contributed by atoms with van der Waals surface area (Å²) >= 11 is 0. The first-order valence-electron chi connectivity index (χ1n) is 11.3. The van der Waals surface area contributed by atoms with Gasteiger partial charge in [-0.3, -0.25) is 4.79 Å². The second-order valence-corrected chi connectivity index (χ2v) is 10.4. The summed E-state index contributed by atoms with van der Waals surface area (Å²) in [5, 5.41) is 5.29. The van der Waals surface area contributed by atoms with Gasteiger partial charge in [-0.2, -0.15) is 5.10 Å². The van der Waals surface area contributed by atoms with Gasteiger partial charge in [0.15, 0.2) is 5.78 Å². The maximum atomic E-state index is 12.8. The Hall–Kier alpha value is -2.90. The summed E-state index contributed by atoms with van der Waals surface area (Å²) in [6, 6.07) is 5.68. The molecular weight excluding hydrogens is 422 g/mol. The molecule has 1 aromatic carbocycles. The normalized spacial score (nSPS) is 14.8. The van der Waals surface area contributed by atoms with Crippen LogP contribution in [0.15, 0.2) is 23.3 Å². The zero-order valence-electron chi connectivity index (χ0n) is 21.2. The van der Waals surface area contributed by atoms with Gasteiger partial charge >= 0.3 is 12.2 Å². The van der Waals surface area contributed by atoms with Crippen molar-refractivity contribution in [3.63, 3.8) is 0 Å². The molecule has 0 unspecified atom stereocenters. The Morgan fingerprint density at radius 3 is 2.12 bits per heavy atom. The van der Waals surface area contributed by atoms with E-state index in [-0.39, 0.29) is 18.3 Å².